The molecule has 0 aromatic heterocycles. The summed E-state index contributed by atoms with van der Waals surface area (Å²) in [5, 5.41) is 18.8. The van der Waals surface area contributed by atoms with Gasteiger partial charge in [-0.15, -0.1) is 0 Å². The Balaban J connectivity index is 4.06. The van der Waals surface area contributed by atoms with Crippen molar-refractivity contribution in [3.05, 3.63) is 0 Å². The lowest BCUT2D eigenvalue weighted by Crippen LogP contribution is -2.43. The molecule has 0 radical (unpaired) electrons. The molecule has 0 bridgehead atoms. The number of carbonyl (C=O) groups excluding carboxylic acids is 1. The monoisotopic (exact) mass is 299 g/mol. The average molecular weight is 299 g/mol. The second-order valence-corrected chi connectivity index (χ2v) is 6.05. The maximum Gasteiger partial charge on any atom is 0.326 e. The summed E-state index contributed by atoms with van der Waals surface area (Å²) in [6, 6.07) is -0.808. The van der Waals surface area contributed by atoms with Gasteiger partial charge in [0.25, 0.3) is 0 Å². The van der Waals surface area contributed by atoms with Crippen molar-refractivity contribution in [1.82, 2.24) is 5.32 Å². The van der Waals surface area contributed by atoms with Crippen LogP contribution < -0.4 is 11.1 Å². The highest BCUT2D eigenvalue weighted by atomic mass is 16.4. The van der Waals surface area contributed by atoms with Gasteiger partial charge < -0.3 is 16.2 Å². The number of amidine groups is 1. The lowest BCUT2D eigenvalue weighted by atomic mass is 9.99. The average Bonchev–Trinajstić information content (AvgIpc) is 2.36. The predicted molar refractivity (Wildman–Crippen MR) is 83.2 cm³/mol. The highest BCUT2D eigenvalue weighted by molar-refractivity contribution is 5.84. The Kier molecular flexibility index (Phi) is 9.41. The topological polar surface area (TPSA) is 116 Å². The molecule has 0 heterocycles. The molecular weight excluding hydrogens is 270 g/mol. The van der Waals surface area contributed by atoms with E-state index in [1.807, 2.05) is 20.8 Å². The molecule has 0 fully saturated rings. The number of nitrogens with two attached hydrogens (primary N) is 1. The Labute approximate surface area is 127 Å². The highest BCUT2D eigenvalue weighted by Crippen LogP contribution is 2.12. The number of aliphatic carboxylic acids is 1. The Morgan fingerprint density at radius 3 is 2.29 bits per heavy atom. The number of carboxylic acids is 1. The molecular formula is C15H29N3O3. The number of carbonyl (C=O) groups is 2. The molecule has 0 aliphatic rings. The normalized spacial score (nSPS) is 13.7. The number of hydrogen-bond acceptors (Lipinski definition) is 3. The van der Waals surface area contributed by atoms with Crippen LogP contribution in [-0.2, 0) is 9.59 Å². The van der Waals surface area contributed by atoms with Crippen molar-refractivity contribution in [1.29, 1.82) is 5.41 Å². The van der Waals surface area contributed by atoms with E-state index in [4.69, 9.17) is 16.2 Å². The molecule has 2 unspecified atom stereocenters. The van der Waals surface area contributed by atoms with E-state index in [0.29, 0.717) is 12.8 Å². The lowest BCUT2D eigenvalue weighted by molar-refractivity contribution is -0.142. The number of unbranched alkanes of at least 4 members (excludes halogenated alkanes) is 2. The summed E-state index contributed by atoms with van der Waals surface area (Å²) in [6.07, 6.45) is 4.41. The summed E-state index contributed by atoms with van der Waals surface area (Å²) in [7, 11) is 0. The molecule has 0 aromatic rings. The van der Waals surface area contributed by atoms with Gasteiger partial charge >= 0.3 is 5.97 Å². The minimum Gasteiger partial charge on any atom is -0.480 e. The van der Waals surface area contributed by atoms with Crippen molar-refractivity contribution in [3.8, 4) is 0 Å². The first-order valence-electron chi connectivity index (χ1n) is 7.60. The number of nitrogens with one attached hydrogen (secondary N) is 2. The van der Waals surface area contributed by atoms with Crippen LogP contribution in [0.1, 0.15) is 59.3 Å². The molecule has 0 aliphatic carbocycles. The maximum absolute atomic E-state index is 12.0. The fraction of sp³-hybridized carbons (Fsp3) is 0.800. The van der Waals surface area contributed by atoms with Crippen LogP contribution in [0.25, 0.3) is 0 Å². The summed E-state index contributed by atoms with van der Waals surface area (Å²) < 4.78 is 0. The number of amides is 1. The summed E-state index contributed by atoms with van der Waals surface area (Å²) >= 11 is 0. The molecule has 5 N–H and O–H groups in total. The number of hydrogen-bond donors (Lipinski definition) is 4. The van der Waals surface area contributed by atoms with Crippen LogP contribution in [0.2, 0.25) is 0 Å². The smallest absolute Gasteiger partial charge is 0.326 e. The standard InChI is InChI=1S/C15H29N3O3/c1-10(2)9-12(15(20)21)18-14(19)11(3)7-5-4-6-8-13(16)17/h10-12H,4-9H2,1-3H3,(H3,16,17)(H,18,19)(H,20,21). The van der Waals surface area contributed by atoms with Crippen molar-refractivity contribution < 1.29 is 14.7 Å². The van der Waals surface area contributed by atoms with Gasteiger partial charge in [-0.25, -0.2) is 4.79 Å². The first-order chi connectivity index (χ1) is 9.73. The third-order valence-electron chi connectivity index (χ3n) is 3.35. The molecule has 0 aliphatic heterocycles. The highest BCUT2D eigenvalue weighted by Gasteiger charge is 2.23. The molecule has 0 rings (SSSR count). The summed E-state index contributed by atoms with van der Waals surface area (Å²) in [6.45, 7) is 5.68. The van der Waals surface area contributed by atoms with Crippen LogP contribution in [0.5, 0.6) is 0 Å². The SMILES string of the molecule is CC(C)CC(NC(=O)C(C)CCCCCC(=N)N)C(=O)O. The Hall–Kier alpha value is -1.59. The van der Waals surface area contributed by atoms with E-state index >= 15 is 0 Å². The molecule has 0 saturated carbocycles. The predicted octanol–water partition coefficient (Wildman–Crippen LogP) is 2.12. The van der Waals surface area contributed by atoms with Gasteiger partial charge in [0.15, 0.2) is 0 Å². The zero-order valence-electron chi connectivity index (χ0n) is 13.3. The Morgan fingerprint density at radius 2 is 1.81 bits per heavy atom. The summed E-state index contributed by atoms with van der Waals surface area (Å²) in [4.78, 5) is 23.1. The van der Waals surface area contributed by atoms with Crippen LogP contribution in [0.3, 0.4) is 0 Å². The van der Waals surface area contributed by atoms with Gasteiger partial charge in [0.05, 0.1) is 5.84 Å². The minimum atomic E-state index is -0.981. The second kappa shape index (κ2) is 10.2. The van der Waals surface area contributed by atoms with E-state index in [-0.39, 0.29) is 23.6 Å². The van der Waals surface area contributed by atoms with Gasteiger partial charge in [-0.1, -0.05) is 33.6 Å². The van der Waals surface area contributed by atoms with E-state index in [1.54, 1.807) is 0 Å². The van der Waals surface area contributed by atoms with Gasteiger partial charge in [-0.05, 0) is 25.2 Å². The molecule has 0 spiro atoms. The molecule has 2 atom stereocenters. The first-order valence-corrected chi connectivity index (χ1v) is 7.60. The fourth-order valence-electron chi connectivity index (χ4n) is 2.08. The van der Waals surface area contributed by atoms with Gasteiger partial charge in [-0.3, -0.25) is 10.2 Å². The van der Waals surface area contributed by atoms with Crippen LogP contribution in [0, 0.1) is 17.2 Å². The third-order valence-corrected chi connectivity index (χ3v) is 3.35. The molecule has 21 heavy (non-hydrogen) atoms. The van der Waals surface area contributed by atoms with Crippen molar-refractivity contribution in [2.24, 2.45) is 17.6 Å². The van der Waals surface area contributed by atoms with Crippen LogP contribution in [-0.4, -0.2) is 28.9 Å². The van der Waals surface area contributed by atoms with E-state index in [2.05, 4.69) is 5.32 Å². The van der Waals surface area contributed by atoms with Crippen LogP contribution in [0.15, 0.2) is 0 Å². The molecule has 122 valence electrons. The quantitative estimate of drug-likeness (QED) is 0.265. The first kappa shape index (κ1) is 19.4. The molecule has 0 aromatic carbocycles. The summed E-state index contributed by atoms with van der Waals surface area (Å²) in [5.74, 6) is -0.969. The Bertz CT molecular complexity index is 356. The van der Waals surface area contributed by atoms with Crippen molar-refractivity contribution >= 4 is 17.7 Å². The van der Waals surface area contributed by atoms with Crippen molar-refractivity contribution in [2.75, 3.05) is 0 Å². The molecule has 1 amide bonds. The van der Waals surface area contributed by atoms with Gasteiger partial charge in [0.2, 0.25) is 5.91 Å². The van der Waals surface area contributed by atoms with E-state index in [9.17, 15) is 9.59 Å². The molecule has 6 heteroatoms. The van der Waals surface area contributed by atoms with Gasteiger partial charge in [0.1, 0.15) is 6.04 Å². The van der Waals surface area contributed by atoms with Crippen LogP contribution >= 0.6 is 0 Å². The number of carboxylic acid groups (broad SMARTS) is 1. The zero-order valence-corrected chi connectivity index (χ0v) is 13.3. The summed E-state index contributed by atoms with van der Waals surface area (Å²) in [5.41, 5.74) is 5.27. The second-order valence-electron chi connectivity index (χ2n) is 6.05. The minimum absolute atomic E-state index is 0.193. The third kappa shape index (κ3) is 9.87. The molecule has 0 saturated heterocycles. The zero-order chi connectivity index (χ0) is 16.4. The van der Waals surface area contributed by atoms with Crippen molar-refractivity contribution in [2.45, 2.75) is 65.3 Å². The molecule has 6 nitrogen and oxygen atoms in total. The fourth-order valence-corrected chi connectivity index (χ4v) is 2.08. The Morgan fingerprint density at radius 1 is 1.19 bits per heavy atom. The number of rotatable bonds is 11. The van der Waals surface area contributed by atoms with Crippen molar-refractivity contribution in [3.63, 3.8) is 0 Å². The van der Waals surface area contributed by atoms with E-state index < -0.39 is 12.0 Å². The van der Waals surface area contributed by atoms with Gasteiger partial charge in [0, 0.05) is 12.3 Å². The largest absolute Gasteiger partial charge is 0.480 e. The van der Waals surface area contributed by atoms with Crippen LogP contribution in [0.4, 0.5) is 0 Å². The van der Waals surface area contributed by atoms with E-state index in [0.717, 1.165) is 25.7 Å². The maximum atomic E-state index is 12.0. The lowest BCUT2D eigenvalue weighted by Gasteiger charge is -2.19. The van der Waals surface area contributed by atoms with E-state index in [1.165, 1.54) is 0 Å². The van der Waals surface area contributed by atoms with Gasteiger partial charge in [-0.2, -0.15) is 0 Å².